The van der Waals surface area contributed by atoms with E-state index in [1.165, 1.54) is 19.3 Å². The summed E-state index contributed by atoms with van der Waals surface area (Å²) >= 11 is 0. The number of aromatic nitrogens is 3. The first-order valence-electron chi connectivity index (χ1n) is 6.90. The van der Waals surface area contributed by atoms with Crippen molar-refractivity contribution >= 4 is 5.91 Å². The lowest BCUT2D eigenvalue weighted by atomic mass is 9.92. The molecule has 1 aliphatic carbocycles. The lowest BCUT2D eigenvalue weighted by Gasteiger charge is -2.37. The fourth-order valence-electron chi connectivity index (χ4n) is 2.66. The molecule has 1 N–H and O–H groups in total. The Morgan fingerprint density at radius 1 is 1.33 bits per heavy atom. The molecule has 3 rings (SSSR count). The first-order valence-corrected chi connectivity index (χ1v) is 6.90. The van der Waals surface area contributed by atoms with Crippen molar-refractivity contribution in [3.8, 4) is 0 Å². The molecule has 2 unspecified atom stereocenters. The third-order valence-corrected chi connectivity index (χ3v) is 4.29. The van der Waals surface area contributed by atoms with Gasteiger partial charge in [-0.3, -0.25) is 9.89 Å². The zero-order chi connectivity index (χ0) is 12.7. The van der Waals surface area contributed by atoms with E-state index in [1.807, 2.05) is 4.90 Å². The summed E-state index contributed by atoms with van der Waals surface area (Å²) in [6.07, 6.45) is 4.61. The van der Waals surface area contributed by atoms with Crippen LogP contribution in [0.3, 0.4) is 0 Å². The SMILES string of the molecule is CC1CCCN(C(=O)c2n[nH]c(C3CC3)n2)C1C. The third kappa shape index (κ3) is 2.02. The Morgan fingerprint density at radius 3 is 2.83 bits per heavy atom. The number of carbonyl (C=O) groups excluding carboxylic acids is 1. The second kappa shape index (κ2) is 4.37. The molecule has 5 nitrogen and oxygen atoms in total. The van der Waals surface area contributed by atoms with E-state index in [4.69, 9.17) is 0 Å². The van der Waals surface area contributed by atoms with E-state index < -0.39 is 0 Å². The van der Waals surface area contributed by atoms with Crippen LogP contribution in [0.1, 0.15) is 61.9 Å². The Kier molecular flexibility index (Phi) is 2.84. The van der Waals surface area contributed by atoms with Gasteiger partial charge >= 0.3 is 0 Å². The zero-order valence-electron chi connectivity index (χ0n) is 11.0. The van der Waals surface area contributed by atoms with Crippen LogP contribution in [-0.2, 0) is 0 Å². The van der Waals surface area contributed by atoms with Crippen LogP contribution in [0.25, 0.3) is 0 Å². The summed E-state index contributed by atoms with van der Waals surface area (Å²) in [4.78, 5) is 18.7. The normalized spacial score (nSPS) is 28.4. The molecule has 1 aromatic heterocycles. The van der Waals surface area contributed by atoms with Crippen molar-refractivity contribution in [1.82, 2.24) is 20.1 Å². The van der Waals surface area contributed by atoms with Crippen LogP contribution in [-0.4, -0.2) is 38.6 Å². The fraction of sp³-hybridized carbons (Fsp3) is 0.769. The second-order valence-corrected chi connectivity index (χ2v) is 5.68. The quantitative estimate of drug-likeness (QED) is 0.870. The number of aromatic amines is 1. The monoisotopic (exact) mass is 248 g/mol. The number of hydrogen-bond donors (Lipinski definition) is 1. The van der Waals surface area contributed by atoms with Gasteiger partial charge in [0.1, 0.15) is 5.82 Å². The number of carbonyl (C=O) groups is 1. The molecule has 18 heavy (non-hydrogen) atoms. The van der Waals surface area contributed by atoms with Crippen molar-refractivity contribution in [3.63, 3.8) is 0 Å². The number of hydrogen-bond acceptors (Lipinski definition) is 3. The summed E-state index contributed by atoms with van der Waals surface area (Å²) in [6, 6.07) is 0.286. The van der Waals surface area contributed by atoms with Crippen LogP contribution in [0, 0.1) is 5.92 Å². The minimum atomic E-state index is -0.0165. The average molecular weight is 248 g/mol. The minimum Gasteiger partial charge on any atom is -0.333 e. The Bertz CT molecular complexity index is 452. The number of rotatable bonds is 2. The predicted octanol–water partition coefficient (Wildman–Crippen LogP) is 1.94. The van der Waals surface area contributed by atoms with Crippen molar-refractivity contribution in [2.24, 2.45) is 5.92 Å². The molecular formula is C13H20N4O. The fourth-order valence-corrected chi connectivity index (χ4v) is 2.66. The summed E-state index contributed by atoms with van der Waals surface area (Å²) in [5.74, 6) is 2.28. The van der Waals surface area contributed by atoms with E-state index in [2.05, 4.69) is 29.0 Å². The Balaban J connectivity index is 1.75. The maximum atomic E-state index is 12.4. The Hall–Kier alpha value is -1.39. The topological polar surface area (TPSA) is 61.9 Å². The first kappa shape index (κ1) is 11.7. The molecule has 2 heterocycles. The van der Waals surface area contributed by atoms with Gasteiger partial charge in [-0.25, -0.2) is 4.98 Å². The molecule has 1 saturated carbocycles. The summed E-state index contributed by atoms with van der Waals surface area (Å²) in [6.45, 7) is 5.16. The largest absolute Gasteiger partial charge is 0.333 e. The number of amides is 1. The lowest BCUT2D eigenvalue weighted by molar-refractivity contribution is 0.0539. The van der Waals surface area contributed by atoms with Crippen LogP contribution < -0.4 is 0 Å². The van der Waals surface area contributed by atoms with Crippen molar-refractivity contribution in [1.29, 1.82) is 0 Å². The van der Waals surface area contributed by atoms with Gasteiger partial charge in [-0.1, -0.05) is 6.92 Å². The summed E-state index contributed by atoms with van der Waals surface area (Å²) in [5.41, 5.74) is 0. The van der Waals surface area contributed by atoms with E-state index >= 15 is 0 Å². The molecule has 1 aromatic rings. The second-order valence-electron chi connectivity index (χ2n) is 5.68. The highest BCUT2D eigenvalue weighted by Gasteiger charge is 2.33. The van der Waals surface area contributed by atoms with E-state index in [9.17, 15) is 4.79 Å². The Morgan fingerprint density at radius 2 is 2.11 bits per heavy atom. The highest BCUT2D eigenvalue weighted by molar-refractivity contribution is 5.90. The van der Waals surface area contributed by atoms with Crippen LogP contribution in [0.4, 0.5) is 0 Å². The molecule has 2 fully saturated rings. The predicted molar refractivity (Wildman–Crippen MR) is 67.3 cm³/mol. The molecule has 0 radical (unpaired) electrons. The van der Waals surface area contributed by atoms with Crippen LogP contribution in [0.15, 0.2) is 0 Å². The molecule has 1 amide bonds. The Labute approximate surface area is 107 Å². The smallest absolute Gasteiger partial charge is 0.293 e. The number of nitrogens with one attached hydrogen (secondary N) is 1. The average Bonchev–Trinajstić information content (AvgIpc) is 3.10. The van der Waals surface area contributed by atoms with Crippen molar-refractivity contribution in [3.05, 3.63) is 11.6 Å². The van der Waals surface area contributed by atoms with Gasteiger partial charge in [0.25, 0.3) is 5.91 Å². The maximum absolute atomic E-state index is 12.4. The van der Waals surface area contributed by atoms with E-state index in [0.29, 0.717) is 17.7 Å². The summed E-state index contributed by atoms with van der Waals surface area (Å²) in [7, 11) is 0. The first-order chi connectivity index (χ1) is 8.66. The standard InChI is InChI=1S/C13H20N4O/c1-8-4-3-7-17(9(8)2)13(18)12-14-11(15-16-12)10-5-6-10/h8-10H,3-7H2,1-2H3,(H,14,15,16). The molecule has 0 spiro atoms. The zero-order valence-corrected chi connectivity index (χ0v) is 11.0. The molecule has 1 aliphatic heterocycles. The summed E-state index contributed by atoms with van der Waals surface area (Å²) < 4.78 is 0. The van der Waals surface area contributed by atoms with Gasteiger partial charge in [0.05, 0.1) is 0 Å². The van der Waals surface area contributed by atoms with Crippen LogP contribution >= 0.6 is 0 Å². The molecule has 0 bridgehead atoms. The van der Waals surface area contributed by atoms with Gasteiger partial charge in [0.15, 0.2) is 0 Å². The van der Waals surface area contributed by atoms with Crippen molar-refractivity contribution < 1.29 is 4.79 Å². The number of H-pyrrole nitrogens is 1. The summed E-state index contributed by atoms with van der Waals surface area (Å²) in [5, 5.41) is 6.99. The molecule has 98 valence electrons. The molecule has 1 saturated heterocycles. The number of likely N-dealkylation sites (tertiary alicyclic amines) is 1. The van der Waals surface area contributed by atoms with Gasteiger partial charge in [0.2, 0.25) is 5.82 Å². The van der Waals surface area contributed by atoms with E-state index in [0.717, 1.165) is 18.8 Å². The van der Waals surface area contributed by atoms with Crippen molar-refractivity contribution in [2.75, 3.05) is 6.54 Å². The molecule has 0 aromatic carbocycles. The van der Waals surface area contributed by atoms with Crippen LogP contribution in [0.2, 0.25) is 0 Å². The number of nitrogens with zero attached hydrogens (tertiary/aromatic N) is 3. The molecule has 5 heteroatoms. The minimum absolute atomic E-state index is 0.0165. The van der Waals surface area contributed by atoms with Crippen LogP contribution in [0.5, 0.6) is 0 Å². The van der Waals surface area contributed by atoms with E-state index in [-0.39, 0.29) is 11.9 Å². The molecular weight excluding hydrogens is 228 g/mol. The van der Waals surface area contributed by atoms with E-state index in [1.54, 1.807) is 0 Å². The van der Waals surface area contributed by atoms with Gasteiger partial charge < -0.3 is 4.90 Å². The van der Waals surface area contributed by atoms with Gasteiger partial charge in [-0.2, -0.15) is 0 Å². The highest BCUT2D eigenvalue weighted by Crippen LogP contribution is 2.37. The molecule has 2 aliphatic rings. The van der Waals surface area contributed by atoms with Crippen molar-refractivity contribution in [2.45, 2.75) is 51.5 Å². The maximum Gasteiger partial charge on any atom is 0.293 e. The molecule has 2 atom stereocenters. The van der Waals surface area contributed by atoms with Gasteiger partial charge in [0, 0.05) is 18.5 Å². The number of piperidine rings is 1. The highest BCUT2D eigenvalue weighted by atomic mass is 16.2. The third-order valence-electron chi connectivity index (χ3n) is 4.29. The lowest BCUT2D eigenvalue weighted by Crippen LogP contribution is -2.46. The van der Waals surface area contributed by atoms with Gasteiger partial charge in [-0.15, -0.1) is 5.10 Å². The van der Waals surface area contributed by atoms with Gasteiger partial charge in [-0.05, 0) is 38.5 Å².